The summed E-state index contributed by atoms with van der Waals surface area (Å²) < 4.78 is 31.9. The van der Waals surface area contributed by atoms with Crippen LogP contribution in [-0.4, -0.2) is 50.2 Å². The number of aromatic nitrogens is 1. The number of anilines is 2. The van der Waals surface area contributed by atoms with Gasteiger partial charge in [0.2, 0.25) is 21.8 Å². The number of carbonyl (C=O) groups excluding carboxylic acids is 2. The third-order valence-electron chi connectivity index (χ3n) is 4.63. The van der Waals surface area contributed by atoms with Gasteiger partial charge >= 0.3 is 0 Å². The largest absolute Gasteiger partial charge is 0.496 e. The first-order chi connectivity index (χ1) is 15.6. The Morgan fingerprint density at radius 1 is 1.12 bits per heavy atom. The first-order valence-electron chi connectivity index (χ1n) is 9.84. The molecule has 0 unspecified atom stereocenters. The van der Waals surface area contributed by atoms with Crippen LogP contribution < -0.4 is 15.4 Å². The summed E-state index contributed by atoms with van der Waals surface area (Å²) in [4.78, 5) is 28.0. The number of hydrogen-bond acceptors (Lipinski definition) is 7. The number of ether oxygens (including phenoxy) is 1. The minimum Gasteiger partial charge on any atom is -0.496 e. The SMILES string of the molecule is COc1ccc(C)cc1-c1csc(NC(=O)CN(C)S(=O)(=O)c2ccc(NC(C)=O)cc2)n1. The zero-order valence-corrected chi connectivity index (χ0v) is 20.2. The molecule has 2 amide bonds. The van der Waals surface area contributed by atoms with Gasteiger partial charge in [-0.15, -0.1) is 11.3 Å². The molecule has 0 saturated heterocycles. The van der Waals surface area contributed by atoms with Crippen LogP contribution in [0.15, 0.2) is 52.7 Å². The molecule has 0 spiro atoms. The first kappa shape index (κ1) is 24.4. The Balaban J connectivity index is 1.67. The molecule has 0 aliphatic carbocycles. The zero-order valence-electron chi connectivity index (χ0n) is 18.6. The number of sulfonamides is 1. The molecule has 0 aliphatic heterocycles. The number of carbonyl (C=O) groups is 2. The third-order valence-corrected chi connectivity index (χ3v) is 7.21. The van der Waals surface area contributed by atoms with Crippen LogP contribution in [0.2, 0.25) is 0 Å². The summed E-state index contributed by atoms with van der Waals surface area (Å²) in [5, 5.41) is 7.36. The number of rotatable bonds is 8. The molecule has 1 aromatic heterocycles. The number of hydrogen-bond donors (Lipinski definition) is 2. The zero-order chi connectivity index (χ0) is 24.2. The van der Waals surface area contributed by atoms with Crippen LogP contribution in [-0.2, 0) is 19.6 Å². The number of benzene rings is 2. The van der Waals surface area contributed by atoms with Crippen molar-refractivity contribution in [3.05, 3.63) is 53.4 Å². The Bertz CT molecular complexity index is 1270. The number of nitrogens with one attached hydrogen (secondary N) is 2. The van der Waals surface area contributed by atoms with E-state index in [0.717, 1.165) is 15.4 Å². The first-order valence-corrected chi connectivity index (χ1v) is 12.2. The number of likely N-dealkylation sites (N-methyl/N-ethyl adjacent to an activating group) is 1. The van der Waals surface area contributed by atoms with Crippen LogP contribution in [0, 0.1) is 6.92 Å². The number of amides is 2. The summed E-state index contributed by atoms with van der Waals surface area (Å²) in [6.45, 7) is 2.93. The quantitative estimate of drug-likeness (QED) is 0.502. The van der Waals surface area contributed by atoms with Crippen molar-refractivity contribution in [1.29, 1.82) is 0 Å². The molecule has 0 aliphatic rings. The summed E-state index contributed by atoms with van der Waals surface area (Å²) in [6.07, 6.45) is 0. The summed E-state index contributed by atoms with van der Waals surface area (Å²) in [7, 11) is -1.000. The minimum atomic E-state index is -3.90. The van der Waals surface area contributed by atoms with Crippen LogP contribution in [0.1, 0.15) is 12.5 Å². The van der Waals surface area contributed by atoms with Gasteiger partial charge in [-0.05, 0) is 43.3 Å². The Hall–Kier alpha value is -3.28. The van der Waals surface area contributed by atoms with Crippen molar-refractivity contribution in [1.82, 2.24) is 9.29 Å². The normalized spacial score (nSPS) is 11.3. The summed E-state index contributed by atoms with van der Waals surface area (Å²) in [6, 6.07) is 11.4. The van der Waals surface area contributed by atoms with E-state index in [1.165, 1.54) is 49.6 Å². The van der Waals surface area contributed by atoms with Gasteiger partial charge in [0.15, 0.2) is 5.13 Å². The predicted molar refractivity (Wildman–Crippen MR) is 128 cm³/mol. The van der Waals surface area contributed by atoms with Gasteiger partial charge in [-0.3, -0.25) is 9.59 Å². The molecule has 0 saturated carbocycles. The monoisotopic (exact) mass is 488 g/mol. The van der Waals surface area contributed by atoms with E-state index in [4.69, 9.17) is 4.74 Å². The second-order valence-corrected chi connectivity index (χ2v) is 10.2. The van der Waals surface area contributed by atoms with E-state index in [-0.39, 0.29) is 10.8 Å². The van der Waals surface area contributed by atoms with Crippen molar-refractivity contribution in [3.63, 3.8) is 0 Å². The molecule has 3 rings (SSSR count). The predicted octanol–water partition coefficient (Wildman–Crippen LogP) is 3.34. The van der Waals surface area contributed by atoms with Crippen LogP contribution in [0.3, 0.4) is 0 Å². The summed E-state index contributed by atoms with van der Waals surface area (Å²) in [5.41, 5.74) is 2.97. The molecule has 0 atom stereocenters. The topological polar surface area (TPSA) is 118 Å². The van der Waals surface area contributed by atoms with Crippen molar-refractivity contribution < 1.29 is 22.7 Å². The van der Waals surface area contributed by atoms with E-state index < -0.39 is 22.5 Å². The fourth-order valence-electron chi connectivity index (χ4n) is 3.02. The second kappa shape index (κ2) is 10.1. The molecule has 0 bridgehead atoms. The third kappa shape index (κ3) is 5.95. The summed E-state index contributed by atoms with van der Waals surface area (Å²) in [5.74, 6) is -0.113. The van der Waals surface area contributed by atoms with Gasteiger partial charge in [-0.1, -0.05) is 11.6 Å². The number of aryl methyl sites for hydroxylation is 1. The number of nitrogens with zero attached hydrogens (tertiary/aromatic N) is 2. The van der Waals surface area contributed by atoms with Crippen molar-refractivity contribution in [3.8, 4) is 17.0 Å². The van der Waals surface area contributed by atoms with Crippen molar-refractivity contribution in [2.45, 2.75) is 18.7 Å². The Morgan fingerprint density at radius 2 is 1.82 bits per heavy atom. The van der Waals surface area contributed by atoms with Crippen molar-refractivity contribution in [2.75, 3.05) is 31.3 Å². The average molecular weight is 489 g/mol. The molecule has 174 valence electrons. The lowest BCUT2D eigenvalue weighted by atomic mass is 10.1. The van der Waals surface area contributed by atoms with Crippen molar-refractivity contribution >= 4 is 44.0 Å². The molecule has 3 aromatic rings. The standard InChI is InChI=1S/C22H24N4O5S2/c1-14-5-10-20(31-4)18(11-14)19-13-32-22(24-19)25-21(28)12-26(3)33(29,30)17-8-6-16(7-9-17)23-15(2)27/h5-11,13H,12H2,1-4H3,(H,23,27)(H,24,25,28). The molecule has 0 fully saturated rings. The lowest BCUT2D eigenvalue weighted by Crippen LogP contribution is -2.34. The molecule has 11 heteroatoms. The molecule has 2 aromatic carbocycles. The molecular formula is C22H24N4O5S2. The summed E-state index contributed by atoms with van der Waals surface area (Å²) >= 11 is 1.23. The van der Waals surface area contributed by atoms with Gasteiger partial charge in [-0.2, -0.15) is 4.31 Å². The molecule has 1 heterocycles. The highest BCUT2D eigenvalue weighted by Crippen LogP contribution is 2.33. The Labute approximate surface area is 196 Å². The maximum absolute atomic E-state index is 12.8. The van der Waals surface area contributed by atoms with Gasteiger partial charge in [0.25, 0.3) is 0 Å². The maximum Gasteiger partial charge on any atom is 0.243 e. The van der Waals surface area contributed by atoms with Crippen LogP contribution in [0.25, 0.3) is 11.3 Å². The maximum atomic E-state index is 12.8. The minimum absolute atomic E-state index is 0.00924. The molecule has 2 N–H and O–H groups in total. The van der Waals surface area contributed by atoms with E-state index in [0.29, 0.717) is 22.3 Å². The lowest BCUT2D eigenvalue weighted by Gasteiger charge is -2.16. The highest BCUT2D eigenvalue weighted by molar-refractivity contribution is 7.89. The van der Waals surface area contributed by atoms with E-state index in [1.54, 1.807) is 12.5 Å². The molecule has 0 radical (unpaired) electrons. The van der Waals surface area contributed by atoms with Gasteiger partial charge in [0.05, 0.1) is 24.2 Å². The van der Waals surface area contributed by atoms with Crippen LogP contribution >= 0.6 is 11.3 Å². The average Bonchev–Trinajstić information content (AvgIpc) is 3.21. The van der Waals surface area contributed by atoms with E-state index in [9.17, 15) is 18.0 Å². The van der Waals surface area contributed by atoms with Gasteiger partial charge in [0, 0.05) is 30.6 Å². The van der Waals surface area contributed by atoms with Crippen molar-refractivity contribution in [2.24, 2.45) is 0 Å². The van der Waals surface area contributed by atoms with E-state index >= 15 is 0 Å². The smallest absolute Gasteiger partial charge is 0.243 e. The van der Waals surface area contributed by atoms with E-state index in [1.807, 2.05) is 25.1 Å². The fraction of sp³-hybridized carbons (Fsp3) is 0.227. The van der Waals surface area contributed by atoms with Gasteiger partial charge < -0.3 is 15.4 Å². The Morgan fingerprint density at radius 3 is 2.45 bits per heavy atom. The van der Waals surface area contributed by atoms with Crippen LogP contribution in [0.5, 0.6) is 5.75 Å². The number of methoxy groups -OCH3 is 1. The van der Waals surface area contributed by atoms with Gasteiger partial charge in [-0.25, -0.2) is 13.4 Å². The fourth-order valence-corrected chi connectivity index (χ4v) is 4.87. The van der Waals surface area contributed by atoms with Gasteiger partial charge in [0.1, 0.15) is 5.75 Å². The number of thiazole rings is 1. The molecule has 9 nitrogen and oxygen atoms in total. The molecule has 33 heavy (non-hydrogen) atoms. The second-order valence-electron chi connectivity index (χ2n) is 7.26. The van der Waals surface area contributed by atoms with Crippen LogP contribution in [0.4, 0.5) is 10.8 Å². The Kier molecular flexibility index (Phi) is 7.46. The molecular weight excluding hydrogens is 464 g/mol. The van der Waals surface area contributed by atoms with E-state index in [2.05, 4.69) is 15.6 Å². The highest BCUT2D eigenvalue weighted by Gasteiger charge is 2.23. The highest BCUT2D eigenvalue weighted by atomic mass is 32.2. The lowest BCUT2D eigenvalue weighted by molar-refractivity contribution is -0.116.